The first kappa shape index (κ1) is 39.9. The first-order chi connectivity index (χ1) is 34.1. The lowest BCUT2D eigenvalue weighted by atomic mass is 9.96. The zero-order chi connectivity index (χ0) is 45.8. The molecule has 0 bridgehead atoms. The molecule has 0 aliphatic rings. The molecule has 13 rings (SSSR count). The van der Waals surface area contributed by atoms with E-state index < -0.39 is 0 Å². The van der Waals surface area contributed by atoms with E-state index in [1.165, 1.54) is 0 Å². The van der Waals surface area contributed by atoms with E-state index in [1.54, 1.807) is 0 Å². The van der Waals surface area contributed by atoms with Gasteiger partial charge in [-0.25, -0.2) is 29.9 Å². The molecule has 4 heterocycles. The van der Waals surface area contributed by atoms with Crippen molar-refractivity contribution in [3.05, 3.63) is 218 Å². The van der Waals surface area contributed by atoms with Gasteiger partial charge in [0.25, 0.3) is 0 Å². The summed E-state index contributed by atoms with van der Waals surface area (Å²) in [6, 6.07) is 74.6. The van der Waals surface area contributed by atoms with Crippen LogP contribution in [0, 0.1) is 0 Å². The molecule has 0 fully saturated rings. The van der Waals surface area contributed by atoms with Gasteiger partial charge in [0, 0.05) is 67.7 Å². The average molecular weight is 886 g/mol. The SMILES string of the molecule is Cn1c2c(-c3ccc(-c4nc(-c5ccccc5)nc(-c5ccccc5)n4)cc3)cccc2c2c3oc4ccccc4c3cc(-c3ccc(-c4nc(-c5ccccc5)nc(-c5ccccc5)n4)cc3)c21. The molecule has 0 N–H and O–H groups in total. The van der Waals surface area contributed by atoms with Crippen molar-refractivity contribution in [1.29, 1.82) is 0 Å². The summed E-state index contributed by atoms with van der Waals surface area (Å²) in [5.74, 6) is 3.74. The number of benzene rings is 9. The molecule has 4 aromatic heterocycles. The van der Waals surface area contributed by atoms with E-state index in [9.17, 15) is 0 Å². The molecule has 0 amide bonds. The maximum absolute atomic E-state index is 6.79. The van der Waals surface area contributed by atoms with Crippen LogP contribution in [0.1, 0.15) is 0 Å². The summed E-state index contributed by atoms with van der Waals surface area (Å²) in [6.45, 7) is 0. The van der Waals surface area contributed by atoms with Crippen LogP contribution in [0.2, 0.25) is 0 Å². The minimum Gasteiger partial charge on any atom is -0.455 e. The predicted molar refractivity (Wildman–Crippen MR) is 278 cm³/mol. The van der Waals surface area contributed by atoms with Crippen LogP contribution in [-0.4, -0.2) is 34.5 Å². The highest BCUT2D eigenvalue weighted by Gasteiger charge is 2.23. The van der Waals surface area contributed by atoms with Gasteiger partial charge in [0.15, 0.2) is 34.9 Å². The minimum absolute atomic E-state index is 0.611. The van der Waals surface area contributed by atoms with Gasteiger partial charge in [-0.15, -0.1) is 0 Å². The Morgan fingerprint density at radius 2 is 0.667 bits per heavy atom. The number of hydrogen-bond donors (Lipinski definition) is 0. The molecule has 13 aromatic rings. The fourth-order valence-corrected chi connectivity index (χ4v) is 9.59. The fraction of sp³-hybridized carbons (Fsp3) is 0.0164. The molecule has 0 aliphatic carbocycles. The van der Waals surface area contributed by atoms with Gasteiger partial charge in [-0.2, -0.15) is 0 Å². The van der Waals surface area contributed by atoms with Crippen LogP contribution in [0.3, 0.4) is 0 Å². The van der Waals surface area contributed by atoms with Crippen LogP contribution in [0.25, 0.3) is 134 Å². The number of para-hydroxylation sites is 2. The van der Waals surface area contributed by atoms with Crippen molar-refractivity contribution in [1.82, 2.24) is 34.5 Å². The molecule has 9 aromatic carbocycles. The number of hydrogen-bond acceptors (Lipinski definition) is 7. The third-order valence-electron chi connectivity index (χ3n) is 12.9. The molecule has 0 unspecified atom stereocenters. The molecule has 8 nitrogen and oxygen atoms in total. The minimum atomic E-state index is 0.611. The molecule has 0 radical (unpaired) electrons. The Kier molecular flexibility index (Phi) is 9.54. The molecule has 0 saturated carbocycles. The molecular weight excluding hydrogens is 847 g/mol. The van der Waals surface area contributed by atoms with E-state index >= 15 is 0 Å². The van der Waals surface area contributed by atoms with Crippen molar-refractivity contribution >= 4 is 43.7 Å². The first-order valence-electron chi connectivity index (χ1n) is 22.9. The van der Waals surface area contributed by atoms with Crippen LogP contribution < -0.4 is 0 Å². The van der Waals surface area contributed by atoms with Gasteiger partial charge in [-0.05, 0) is 23.3 Å². The molecule has 0 saturated heterocycles. The first-order valence-corrected chi connectivity index (χ1v) is 22.9. The lowest BCUT2D eigenvalue weighted by molar-refractivity contribution is 0.673. The third kappa shape index (κ3) is 7.01. The Bertz CT molecular complexity index is 3920. The fourth-order valence-electron chi connectivity index (χ4n) is 9.59. The van der Waals surface area contributed by atoms with Gasteiger partial charge >= 0.3 is 0 Å². The highest BCUT2D eigenvalue weighted by Crippen LogP contribution is 2.46. The standard InChI is InChI=1S/C61H39N7O/c1-68-53-46(38-29-33-44(34-30-38)60-64-56(40-17-6-2-7-18-40)62-57(65-60)41-19-8-3-9-20-41)26-16-27-48(53)52-54(68)49(37-50-47-25-14-15-28-51(47)69-55(50)52)39-31-35-45(36-32-39)61-66-58(42-21-10-4-11-22-42)63-59(67-61)43-23-12-5-13-24-43/h2-37H,1H3. The molecule has 0 spiro atoms. The van der Waals surface area contributed by atoms with Gasteiger partial charge in [0.05, 0.1) is 16.4 Å². The summed E-state index contributed by atoms with van der Waals surface area (Å²) >= 11 is 0. The second-order valence-electron chi connectivity index (χ2n) is 17.1. The monoisotopic (exact) mass is 885 g/mol. The Balaban J connectivity index is 0.946. The molecule has 0 atom stereocenters. The lowest BCUT2D eigenvalue weighted by Crippen LogP contribution is -2.00. The van der Waals surface area contributed by atoms with E-state index in [4.69, 9.17) is 34.3 Å². The van der Waals surface area contributed by atoms with Gasteiger partial charge in [0.1, 0.15) is 11.2 Å². The Morgan fingerprint density at radius 3 is 1.12 bits per heavy atom. The molecular formula is C61H39N7O. The van der Waals surface area contributed by atoms with Crippen molar-refractivity contribution in [3.8, 4) is 90.6 Å². The quantitative estimate of drug-likeness (QED) is 0.150. The topological polar surface area (TPSA) is 95.4 Å². The van der Waals surface area contributed by atoms with Crippen LogP contribution >= 0.6 is 0 Å². The number of aryl methyl sites for hydroxylation is 1. The van der Waals surface area contributed by atoms with Crippen molar-refractivity contribution in [2.24, 2.45) is 7.05 Å². The highest BCUT2D eigenvalue weighted by molar-refractivity contribution is 6.28. The summed E-state index contributed by atoms with van der Waals surface area (Å²) in [5.41, 5.74) is 13.8. The Hall–Kier alpha value is -9.40. The molecule has 69 heavy (non-hydrogen) atoms. The zero-order valence-electron chi connectivity index (χ0n) is 37.3. The number of fused-ring (bicyclic) bond motifs is 7. The average Bonchev–Trinajstić information content (AvgIpc) is 3.96. The number of rotatable bonds is 8. The van der Waals surface area contributed by atoms with Gasteiger partial charge < -0.3 is 8.98 Å². The van der Waals surface area contributed by atoms with Gasteiger partial charge in [0.2, 0.25) is 0 Å². The number of aromatic nitrogens is 7. The smallest absolute Gasteiger partial charge is 0.164 e. The van der Waals surface area contributed by atoms with Gasteiger partial charge in [-0.3, -0.25) is 0 Å². The largest absolute Gasteiger partial charge is 0.455 e. The van der Waals surface area contributed by atoms with E-state index in [2.05, 4.69) is 96.5 Å². The molecule has 8 heteroatoms. The summed E-state index contributed by atoms with van der Waals surface area (Å²) in [4.78, 5) is 29.8. The van der Waals surface area contributed by atoms with E-state index in [-0.39, 0.29) is 0 Å². The Morgan fingerprint density at radius 1 is 0.304 bits per heavy atom. The molecule has 0 aliphatic heterocycles. The summed E-state index contributed by atoms with van der Waals surface area (Å²) < 4.78 is 9.12. The Labute approximate surface area is 397 Å². The van der Waals surface area contributed by atoms with Crippen LogP contribution in [-0.2, 0) is 7.05 Å². The van der Waals surface area contributed by atoms with Crippen molar-refractivity contribution in [2.45, 2.75) is 0 Å². The predicted octanol–water partition coefficient (Wildman–Crippen LogP) is 14.9. The third-order valence-corrected chi connectivity index (χ3v) is 12.9. The summed E-state index contributed by atoms with van der Waals surface area (Å²) in [5, 5.41) is 4.33. The van der Waals surface area contributed by atoms with E-state index in [0.29, 0.717) is 34.9 Å². The van der Waals surface area contributed by atoms with Crippen LogP contribution in [0.15, 0.2) is 223 Å². The summed E-state index contributed by atoms with van der Waals surface area (Å²) in [6.07, 6.45) is 0. The second-order valence-corrected chi connectivity index (χ2v) is 17.1. The second kappa shape index (κ2) is 16.5. The van der Waals surface area contributed by atoms with Gasteiger partial charge in [-0.1, -0.05) is 206 Å². The van der Waals surface area contributed by atoms with Crippen molar-refractivity contribution < 1.29 is 4.42 Å². The van der Waals surface area contributed by atoms with Crippen molar-refractivity contribution in [3.63, 3.8) is 0 Å². The number of nitrogens with zero attached hydrogens (tertiary/aromatic N) is 7. The molecule has 324 valence electrons. The summed E-state index contributed by atoms with van der Waals surface area (Å²) in [7, 11) is 2.16. The van der Waals surface area contributed by atoms with Crippen LogP contribution in [0.4, 0.5) is 0 Å². The normalized spacial score (nSPS) is 11.6. The van der Waals surface area contributed by atoms with E-state index in [1.807, 2.05) is 133 Å². The zero-order valence-corrected chi connectivity index (χ0v) is 37.3. The maximum atomic E-state index is 6.79. The highest BCUT2D eigenvalue weighted by atomic mass is 16.3. The maximum Gasteiger partial charge on any atom is 0.164 e. The van der Waals surface area contributed by atoms with E-state index in [0.717, 1.165) is 99.4 Å². The van der Waals surface area contributed by atoms with Crippen LogP contribution in [0.5, 0.6) is 0 Å². The number of furan rings is 1. The van der Waals surface area contributed by atoms with Crippen molar-refractivity contribution in [2.75, 3.05) is 0 Å². The lowest BCUT2D eigenvalue weighted by Gasteiger charge is -2.11.